The van der Waals surface area contributed by atoms with Gasteiger partial charge in [0.25, 0.3) is 5.91 Å². The van der Waals surface area contributed by atoms with E-state index < -0.39 is 5.97 Å². The SMILES string of the molecule is Cc1ccn2cc(C(=O)OCC(=O)N3CCc4cc(-c5csc(C)n5)ccc43)nc2c1. The van der Waals surface area contributed by atoms with Crippen molar-refractivity contribution in [3.63, 3.8) is 0 Å². The monoisotopic (exact) mass is 432 g/mol. The molecule has 4 heterocycles. The van der Waals surface area contributed by atoms with Gasteiger partial charge >= 0.3 is 5.97 Å². The maximum absolute atomic E-state index is 12.7. The van der Waals surface area contributed by atoms with Crippen molar-refractivity contribution < 1.29 is 14.3 Å². The number of carbonyl (C=O) groups excluding carboxylic acids is 2. The second-order valence-electron chi connectivity index (χ2n) is 7.56. The van der Waals surface area contributed by atoms with Gasteiger partial charge in [-0.1, -0.05) is 6.07 Å². The van der Waals surface area contributed by atoms with E-state index in [0.717, 1.165) is 39.5 Å². The van der Waals surface area contributed by atoms with Gasteiger partial charge in [0.2, 0.25) is 0 Å². The first-order valence-corrected chi connectivity index (χ1v) is 10.8. The van der Waals surface area contributed by atoms with E-state index in [2.05, 4.69) is 16.0 Å². The maximum Gasteiger partial charge on any atom is 0.359 e. The summed E-state index contributed by atoms with van der Waals surface area (Å²) in [5.74, 6) is -0.854. The Morgan fingerprint density at radius 2 is 2.03 bits per heavy atom. The summed E-state index contributed by atoms with van der Waals surface area (Å²) in [6, 6.07) is 9.81. The summed E-state index contributed by atoms with van der Waals surface area (Å²) in [5.41, 5.74) is 5.85. The first-order valence-electron chi connectivity index (χ1n) is 9.96. The molecule has 0 saturated carbocycles. The van der Waals surface area contributed by atoms with Crippen LogP contribution in [0.3, 0.4) is 0 Å². The van der Waals surface area contributed by atoms with Crippen molar-refractivity contribution in [1.29, 1.82) is 0 Å². The number of rotatable bonds is 4. The number of carbonyl (C=O) groups is 2. The van der Waals surface area contributed by atoms with Crippen molar-refractivity contribution in [3.8, 4) is 11.3 Å². The molecule has 0 spiro atoms. The number of thiazole rings is 1. The Balaban J connectivity index is 1.26. The molecule has 0 N–H and O–H groups in total. The van der Waals surface area contributed by atoms with Crippen LogP contribution in [0.15, 0.2) is 48.1 Å². The second kappa shape index (κ2) is 7.63. The van der Waals surface area contributed by atoms with Gasteiger partial charge < -0.3 is 14.0 Å². The van der Waals surface area contributed by atoms with Gasteiger partial charge in [0.1, 0.15) is 5.65 Å². The third-order valence-corrected chi connectivity index (χ3v) is 6.12. The van der Waals surface area contributed by atoms with Gasteiger partial charge in [-0.05, 0) is 55.7 Å². The zero-order valence-corrected chi connectivity index (χ0v) is 18.0. The molecular formula is C23H20N4O3S. The molecule has 0 saturated heterocycles. The molecule has 0 atom stereocenters. The minimum Gasteiger partial charge on any atom is -0.451 e. The van der Waals surface area contributed by atoms with Gasteiger partial charge in [0.05, 0.1) is 10.7 Å². The Kier molecular flexibility index (Phi) is 4.78. The second-order valence-corrected chi connectivity index (χ2v) is 8.62. The number of hydrogen-bond donors (Lipinski definition) is 0. The summed E-state index contributed by atoms with van der Waals surface area (Å²) in [6.07, 6.45) is 4.20. The van der Waals surface area contributed by atoms with Crippen molar-refractivity contribution in [3.05, 3.63) is 69.9 Å². The van der Waals surface area contributed by atoms with Gasteiger partial charge in [-0.2, -0.15) is 0 Å². The smallest absolute Gasteiger partial charge is 0.359 e. The number of hydrogen-bond acceptors (Lipinski definition) is 6. The fraction of sp³-hybridized carbons (Fsp3) is 0.217. The van der Waals surface area contributed by atoms with Crippen LogP contribution in [0, 0.1) is 13.8 Å². The van der Waals surface area contributed by atoms with E-state index in [4.69, 9.17) is 4.74 Å². The molecule has 8 heteroatoms. The minimum atomic E-state index is -0.608. The third-order valence-electron chi connectivity index (χ3n) is 5.34. The van der Waals surface area contributed by atoms with Crippen molar-refractivity contribution in [2.45, 2.75) is 20.3 Å². The lowest BCUT2D eigenvalue weighted by Crippen LogP contribution is -2.33. The number of aryl methyl sites for hydroxylation is 2. The van der Waals surface area contributed by atoms with Crippen LogP contribution in [0.4, 0.5) is 5.69 Å². The maximum atomic E-state index is 12.7. The number of esters is 1. The zero-order valence-electron chi connectivity index (χ0n) is 17.2. The Bertz CT molecular complexity index is 1320. The third kappa shape index (κ3) is 3.70. The average molecular weight is 433 g/mol. The van der Waals surface area contributed by atoms with Crippen LogP contribution in [0.5, 0.6) is 0 Å². The van der Waals surface area contributed by atoms with E-state index in [1.807, 2.05) is 49.7 Å². The van der Waals surface area contributed by atoms with E-state index in [-0.39, 0.29) is 18.2 Å². The Hall–Kier alpha value is -3.52. The van der Waals surface area contributed by atoms with Crippen LogP contribution >= 0.6 is 11.3 Å². The molecule has 156 valence electrons. The number of aromatic nitrogens is 3. The molecule has 0 radical (unpaired) electrons. The van der Waals surface area contributed by atoms with Crippen molar-refractivity contribution in [2.75, 3.05) is 18.1 Å². The van der Waals surface area contributed by atoms with Gasteiger partial charge in [-0.25, -0.2) is 14.8 Å². The number of amides is 1. The molecular weight excluding hydrogens is 412 g/mol. The van der Waals surface area contributed by atoms with E-state index >= 15 is 0 Å². The predicted octanol–water partition coefficient (Wildman–Crippen LogP) is 3.82. The lowest BCUT2D eigenvalue weighted by atomic mass is 10.1. The molecule has 0 bridgehead atoms. The van der Waals surface area contributed by atoms with E-state index in [9.17, 15) is 9.59 Å². The van der Waals surface area contributed by atoms with Crippen LogP contribution in [0.2, 0.25) is 0 Å². The fourth-order valence-corrected chi connectivity index (χ4v) is 4.40. The molecule has 3 aromatic heterocycles. The largest absolute Gasteiger partial charge is 0.451 e. The van der Waals surface area contributed by atoms with Crippen LogP contribution < -0.4 is 4.90 Å². The lowest BCUT2D eigenvalue weighted by Gasteiger charge is -2.17. The molecule has 1 aliphatic rings. The number of nitrogens with zero attached hydrogens (tertiary/aromatic N) is 4. The first-order chi connectivity index (χ1) is 15.0. The summed E-state index contributed by atoms with van der Waals surface area (Å²) in [5, 5.41) is 3.06. The molecule has 0 unspecified atom stereocenters. The fourth-order valence-electron chi connectivity index (χ4n) is 3.78. The summed E-state index contributed by atoms with van der Waals surface area (Å²) >= 11 is 1.62. The summed E-state index contributed by atoms with van der Waals surface area (Å²) in [4.78, 5) is 35.6. The zero-order chi connectivity index (χ0) is 21.5. The molecule has 0 fully saturated rings. The van der Waals surface area contributed by atoms with Gasteiger partial charge in [0.15, 0.2) is 12.3 Å². The lowest BCUT2D eigenvalue weighted by molar-refractivity contribution is -0.121. The number of benzene rings is 1. The highest BCUT2D eigenvalue weighted by molar-refractivity contribution is 7.09. The topological polar surface area (TPSA) is 76.8 Å². The Morgan fingerprint density at radius 3 is 2.84 bits per heavy atom. The molecule has 1 aromatic carbocycles. The highest BCUT2D eigenvalue weighted by atomic mass is 32.1. The molecule has 7 nitrogen and oxygen atoms in total. The van der Waals surface area contributed by atoms with Crippen LogP contribution in [0.1, 0.15) is 26.6 Å². The number of ether oxygens (including phenoxy) is 1. The van der Waals surface area contributed by atoms with Gasteiger partial charge in [-0.15, -0.1) is 11.3 Å². The van der Waals surface area contributed by atoms with Crippen molar-refractivity contribution in [2.24, 2.45) is 0 Å². The van der Waals surface area contributed by atoms with Crippen LogP contribution in [0.25, 0.3) is 16.9 Å². The highest BCUT2D eigenvalue weighted by Crippen LogP contribution is 2.32. The van der Waals surface area contributed by atoms with Crippen molar-refractivity contribution >= 4 is 34.5 Å². The Morgan fingerprint density at radius 1 is 1.16 bits per heavy atom. The van der Waals surface area contributed by atoms with E-state index in [1.54, 1.807) is 26.8 Å². The predicted molar refractivity (Wildman–Crippen MR) is 119 cm³/mol. The van der Waals surface area contributed by atoms with E-state index in [0.29, 0.717) is 12.2 Å². The van der Waals surface area contributed by atoms with Gasteiger partial charge in [0, 0.05) is 35.6 Å². The highest BCUT2D eigenvalue weighted by Gasteiger charge is 2.26. The van der Waals surface area contributed by atoms with Crippen molar-refractivity contribution in [1.82, 2.24) is 14.4 Å². The molecule has 1 amide bonds. The normalized spacial score (nSPS) is 12.9. The summed E-state index contributed by atoms with van der Waals surface area (Å²) < 4.78 is 7.01. The molecule has 1 aliphatic heterocycles. The number of pyridine rings is 1. The number of fused-ring (bicyclic) bond motifs is 2. The molecule has 31 heavy (non-hydrogen) atoms. The average Bonchev–Trinajstić information content (AvgIpc) is 3.48. The standard InChI is InChI=1S/C23H20N4O3S/c1-14-5-7-26-11-18(25-21(26)9-14)23(29)30-12-22(28)27-8-6-17-10-16(3-4-20(17)27)19-13-31-15(2)24-19/h3-5,7,9-11,13H,6,8,12H2,1-2H3. The molecule has 5 rings (SSSR count). The first kappa shape index (κ1) is 19.4. The quantitative estimate of drug-likeness (QED) is 0.458. The van der Waals surface area contributed by atoms with Crippen LogP contribution in [-0.4, -0.2) is 39.4 Å². The number of anilines is 1. The van der Waals surface area contributed by atoms with Gasteiger partial charge in [-0.3, -0.25) is 4.79 Å². The Labute approximate surface area is 182 Å². The molecule has 4 aromatic rings. The minimum absolute atomic E-state index is 0.184. The molecule has 0 aliphatic carbocycles. The van der Waals surface area contributed by atoms with E-state index in [1.165, 1.54) is 0 Å². The van der Waals surface area contributed by atoms with Crippen LogP contribution in [-0.2, 0) is 16.0 Å². The summed E-state index contributed by atoms with van der Waals surface area (Å²) in [7, 11) is 0. The number of imidazole rings is 1. The summed E-state index contributed by atoms with van der Waals surface area (Å²) in [6.45, 7) is 4.19.